The summed E-state index contributed by atoms with van der Waals surface area (Å²) in [6.45, 7) is 2.67. The summed E-state index contributed by atoms with van der Waals surface area (Å²) in [5.41, 5.74) is 1.25. The molecule has 0 spiro atoms. The Hall–Kier alpha value is -2.81. The normalized spacial score (nSPS) is 11.6. The molecule has 1 N–H and O–H groups in total. The fourth-order valence-corrected chi connectivity index (χ4v) is 3.68. The number of pyridine rings is 1. The number of amides is 1. The highest BCUT2D eigenvalue weighted by Crippen LogP contribution is 2.18. The van der Waals surface area contributed by atoms with Crippen LogP contribution in [0, 0.1) is 0 Å². The minimum Gasteiger partial charge on any atom is -0.266 e. The van der Waals surface area contributed by atoms with Crippen LogP contribution in [0.1, 0.15) is 35.8 Å². The third-order valence-corrected chi connectivity index (χ3v) is 5.03. The number of hydrogen-bond acceptors (Lipinski definition) is 6. The first-order chi connectivity index (χ1) is 12.5. The number of aromatic nitrogens is 4. The molecule has 3 aromatic rings. The minimum atomic E-state index is -3.89. The van der Waals surface area contributed by atoms with Gasteiger partial charge in [0.2, 0.25) is 10.0 Å². The van der Waals surface area contributed by atoms with Crippen molar-refractivity contribution in [3.05, 3.63) is 54.0 Å². The first-order valence-electron chi connectivity index (χ1n) is 8.26. The maximum Gasteiger partial charge on any atom is 0.286 e. The standard InChI is InChI=1S/C17H19N5O3S/c1-2-3-10-22-11-16(19-21-22)17(23)20-26(24,25)12-13-6-4-8-15-14(13)7-5-9-18-15/h4-9,11H,2-3,10,12H2,1H3,(H,20,23). The van der Waals surface area contributed by atoms with Crippen LogP contribution in [0.4, 0.5) is 0 Å². The summed E-state index contributed by atoms with van der Waals surface area (Å²) in [7, 11) is -3.89. The Morgan fingerprint density at radius 2 is 2.08 bits per heavy atom. The third-order valence-electron chi connectivity index (χ3n) is 3.84. The van der Waals surface area contributed by atoms with Gasteiger partial charge in [0, 0.05) is 18.1 Å². The van der Waals surface area contributed by atoms with E-state index in [2.05, 4.69) is 20.0 Å². The van der Waals surface area contributed by atoms with Gasteiger partial charge in [0.05, 0.1) is 17.5 Å². The van der Waals surface area contributed by atoms with E-state index < -0.39 is 15.9 Å². The fourth-order valence-electron chi connectivity index (χ4n) is 2.56. The second kappa shape index (κ2) is 7.61. The van der Waals surface area contributed by atoms with Gasteiger partial charge in [-0.1, -0.05) is 36.8 Å². The van der Waals surface area contributed by atoms with E-state index in [4.69, 9.17) is 0 Å². The Morgan fingerprint density at radius 3 is 2.88 bits per heavy atom. The van der Waals surface area contributed by atoms with Crippen LogP contribution in [0.25, 0.3) is 10.9 Å². The van der Waals surface area contributed by atoms with Crippen molar-refractivity contribution in [1.82, 2.24) is 24.7 Å². The van der Waals surface area contributed by atoms with Crippen molar-refractivity contribution in [3.8, 4) is 0 Å². The number of unbranched alkanes of at least 4 members (excludes halogenated alkanes) is 1. The van der Waals surface area contributed by atoms with Gasteiger partial charge in [0.1, 0.15) is 0 Å². The van der Waals surface area contributed by atoms with E-state index in [0.29, 0.717) is 17.6 Å². The lowest BCUT2D eigenvalue weighted by molar-refractivity contribution is 0.0976. The Kier molecular flexibility index (Phi) is 5.27. The molecule has 0 bridgehead atoms. The first kappa shape index (κ1) is 18.0. The number of carbonyl (C=O) groups is 1. The van der Waals surface area contributed by atoms with Crippen LogP contribution < -0.4 is 4.72 Å². The lowest BCUT2D eigenvalue weighted by atomic mass is 10.1. The van der Waals surface area contributed by atoms with Gasteiger partial charge >= 0.3 is 0 Å². The second-order valence-electron chi connectivity index (χ2n) is 5.90. The van der Waals surface area contributed by atoms with E-state index in [9.17, 15) is 13.2 Å². The molecule has 0 radical (unpaired) electrons. The van der Waals surface area contributed by atoms with E-state index in [1.54, 1.807) is 36.5 Å². The molecule has 0 saturated carbocycles. The van der Waals surface area contributed by atoms with Crippen molar-refractivity contribution in [2.45, 2.75) is 32.1 Å². The number of carbonyl (C=O) groups excluding carboxylic acids is 1. The summed E-state index contributed by atoms with van der Waals surface area (Å²) < 4.78 is 28.4. The predicted octanol–water partition coefficient (Wildman–Crippen LogP) is 1.89. The summed E-state index contributed by atoms with van der Waals surface area (Å²) >= 11 is 0. The SMILES string of the molecule is CCCCn1cc(C(=O)NS(=O)(=O)Cc2cccc3ncccc23)nn1. The Morgan fingerprint density at radius 1 is 1.23 bits per heavy atom. The van der Waals surface area contributed by atoms with Crippen molar-refractivity contribution in [1.29, 1.82) is 0 Å². The molecule has 2 aromatic heterocycles. The van der Waals surface area contributed by atoms with Crippen molar-refractivity contribution in [3.63, 3.8) is 0 Å². The number of benzene rings is 1. The summed E-state index contributed by atoms with van der Waals surface area (Å²) in [6, 6.07) is 8.79. The lowest BCUT2D eigenvalue weighted by Crippen LogP contribution is -2.32. The van der Waals surface area contributed by atoms with Crippen molar-refractivity contribution >= 4 is 26.8 Å². The van der Waals surface area contributed by atoms with Crippen LogP contribution in [0.15, 0.2) is 42.7 Å². The van der Waals surface area contributed by atoms with E-state index >= 15 is 0 Å². The highest BCUT2D eigenvalue weighted by atomic mass is 32.2. The molecule has 0 unspecified atom stereocenters. The topological polar surface area (TPSA) is 107 Å². The highest BCUT2D eigenvalue weighted by Gasteiger charge is 2.20. The fraction of sp³-hybridized carbons (Fsp3) is 0.294. The molecular weight excluding hydrogens is 354 g/mol. The zero-order chi connectivity index (χ0) is 18.6. The number of aryl methyl sites for hydroxylation is 1. The molecule has 26 heavy (non-hydrogen) atoms. The quantitative estimate of drug-likeness (QED) is 0.678. The molecule has 0 fully saturated rings. The molecular formula is C17H19N5O3S. The first-order valence-corrected chi connectivity index (χ1v) is 9.91. The van der Waals surface area contributed by atoms with E-state index in [1.165, 1.54) is 10.9 Å². The van der Waals surface area contributed by atoms with Crippen LogP contribution in [0.2, 0.25) is 0 Å². The van der Waals surface area contributed by atoms with Crippen LogP contribution >= 0.6 is 0 Å². The van der Waals surface area contributed by atoms with Gasteiger partial charge in [0.15, 0.2) is 5.69 Å². The van der Waals surface area contributed by atoms with Gasteiger partial charge in [-0.25, -0.2) is 13.1 Å². The molecule has 0 saturated heterocycles. The van der Waals surface area contributed by atoms with Crippen molar-refractivity contribution in [2.24, 2.45) is 0 Å². The summed E-state index contributed by atoms with van der Waals surface area (Å²) in [4.78, 5) is 16.4. The predicted molar refractivity (Wildman–Crippen MR) is 96.8 cm³/mol. The smallest absolute Gasteiger partial charge is 0.266 e. The largest absolute Gasteiger partial charge is 0.286 e. The molecule has 0 aliphatic carbocycles. The maximum atomic E-state index is 12.4. The zero-order valence-corrected chi connectivity index (χ0v) is 15.1. The highest BCUT2D eigenvalue weighted by molar-refractivity contribution is 7.89. The second-order valence-corrected chi connectivity index (χ2v) is 7.62. The molecule has 0 atom stereocenters. The zero-order valence-electron chi connectivity index (χ0n) is 14.3. The summed E-state index contributed by atoms with van der Waals surface area (Å²) in [5.74, 6) is -1.11. The summed E-state index contributed by atoms with van der Waals surface area (Å²) in [5, 5.41) is 8.30. The van der Waals surface area contributed by atoms with Gasteiger partial charge in [-0.3, -0.25) is 14.5 Å². The molecule has 0 aliphatic rings. The molecule has 8 nitrogen and oxygen atoms in total. The molecule has 9 heteroatoms. The van der Waals surface area contributed by atoms with Gasteiger partial charge in [-0.15, -0.1) is 5.10 Å². The van der Waals surface area contributed by atoms with Gasteiger partial charge in [-0.05, 0) is 24.1 Å². The number of nitrogens with one attached hydrogen (secondary N) is 1. The van der Waals surface area contributed by atoms with Crippen LogP contribution in [-0.4, -0.2) is 34.3 Å². The average molecular weight is 373 g/mol. The number of nitrogens with zero attached hydrogens (tertiary/aromatic N) is 4. The van der Waals surface area contributed by atoms with Crippen LogP contribution in [0.3, 0.4) is 0 Å². The Labute approximate surface area is 151 Å². The number of fused-ring (bicyclic) bond motifs is 1. The molecule has 1 amide bonds. The minimum absolute atomic E-state index is 0.0238. The number of rotatable bonds is 7. The molecule has 1 aromatic carbocycles. The Bertz CT molecular complexity index is 1020. The Balaban J connectivity index is 1.74. The molecule has 0 aliphatic heterocycles. The maximum absolute atomic E-state index is 12.4. The van der Waals surface area contributed by atoms with Crippen LogP contribution in [0.5, 0.6) is 0 Å². The van der Waals surface area contributed by atoms with Crippen molar-refractivity contribution in [2.75, 3.05) is 0 Å². The molecule has 3 rings (SSSR count). The van der Waals surface area contributed by atoms with E-state index in [1.807, 2.05) is 6.92 Å². The number of sulfonamides is 1. The average Bonchev–Trinajstić information content (AvgIpc) is 3.09. The summed E-state index contributed by atoms with van der Waals surface area (Å²) in [6.07, 6.45) is 4.97. The van der Waals surface area contributed by atoms with Gasteiger partial charge in [0.25, 0.3) is 5.91 Å². The molecule has 2 heterocycles. The lowest BCUT2D eigenvalue weighted by Gasteiger charge is -2.08. The third kappa shape index (κ3) is 4.23. The van der Waals surface area contributed by atoms with Crippen LogP contribution in [-0.2, 0) is 22.3 Å². The van der Waals surface area contributed by atoms with Gasteiger partial charge in [-0.2, -0.15) is 0 Å². The monoisotopic (exact) mass is 373 g/mol. The van der Waals surface area contributed by atoms with Crippen molar-refractivity contribution < 1.29 is 13.2 Å². The number of hydrogen-bond donors (Lipinski definition) is 1. The van der Waals surface area contributed by atoms with E-state index in [-0.39, 0.29) is 11.4 Å². The van der Waals surface area contributed by atoms with E-state index in [0.717, 1.165) is 18.2 Å². The molecule has 136 valence electrons. The van der Waals surface area contributed by atoms with Gasteiger partial charge < -0.3 is 0 Å².